The predicted octanol–water partition coefficient (Wildman–Crippen LogP) is 2.33. The van der Waals surface area contributed by atoms with Gasteiger partial charge in [-0.15, -0.1) is 0 Å². The lowest BCUT2D eigenvalue weighted by Gasteiger charge is -2.14. The van der Waals surface area contributed by atoms with Crippen LogP contribution in [0.25, 0.3) is 6.08 Å². The number of nitrogens with zero attached hydrogens (tertiary/aromatic N) is 1. The van der Waals surface area contributed by atoms with Crippen LogP contribution in [-0.2, 0) is 9.59 Å². The minimum Gasteiger partial charge on any atom is -0.481 e. The van der Waals surface area contributed by atoms with E-state index in [0.717, 1.165) is 12.0 Å². The summed E-state index contributed by atoms with van der Waals surface area (Å²) >= 11 is 0. The fourth-order valence-corrected chi connectivity index (χ4v) is 2.28. The van der Waals surface area contributed by atoms with Crippen LogP contribution in [0.5, 0.6) is 0 Å². The predicted molar refractivity (Wildman–Crippen MR) is 77.2 cm³/mol. The van der Waals surface area contributed by atoms with E-state index in [1.165, 1.54) is 5.56 Å². The van der Waals surface area contributed by atoms with Crippen LogP contribution in [0.3, 0.4) is 0 Å². The first-order valence-corrected chi connectivity index (χ1v) is 6.80. The Hall–Kier alpha value is -2.10. The highest BCUT2D eigenvalue weighted by molar-refractivity contribution is 5.86. The number of benzene rings is 1. The van der Waals surface area contributed by atoms with E-state index in [0.29, 0.717) is 13.1 Å². The number of carbonyl (C=O) groups is 2. The zero-order chi connectivity index (χ0) is 14.5. The number of carboxylic acids is 1. The minimum atomic E-state index is -0.879. The molecule has 0 spiro atoms. The van der Waals surface area contributed by atoms with Crippen molar-refractivity contribution in [2.75, 3.05) is 13.1 Å². The summed E-state index contributed by atoms with van der Waals surface area (Å²) < 4.78 is 0. The largest absolute Gasteiger partial charge is 0.481 e. The van der Waals surface area contributed by atoms with E-state index in [2.05, 4.69) is 12.1 Å². The van der Waals surface area contributed by atoms with Crippen LogP contribution in [0.2, 0.25) is 0 Å². The SMILES string of the molecule is Cc1ccc(/C=C/CCN2CC(C(=O)O)CC2=O)cc1. The molecule has 1 unspecified atom stereocenters. The van der Waals surface area contributed by atoms with Gasteiger partial charge < -0.3 is 10.0 Å². The van der Waals surface area contributed by atoms with E-state index in [-0.39, 0.29) is 12.3 Å². The number of hydrogen-bond donors (Lipinski definition) is 1. The van der Waals surface area contributed by atoms with Crippen molar-refractivity contribution in [3.63, 3.8) is 0 Å². The van der Waals surface area contributed by atoms with Crippen molar-refractivity contribution in [2.24, 2.45) is 5.92 Å². The maximum Gasteiger partial charge on any atom is 0.308 e. The lowest BCUT2D eigenvalue weighted by atomic mass is 10.1. The molecule has 1 amide bonds. The summed E-state index contributed by atoms with van der Waals surface area (Å²) in [6.07, 6.45) is 4.92. The third kappa shape index (κ3) is 3.70. The van der Waals surface area contributed by atoms with E-state index in [4.69, 9.17) is 5.11 Å². The third-order valence-electron chi connectivity index (χ3n) is 3.52. The molecule has 1 aromatic rings. The van der Waals surface area contributed by atoms with Gasteiger partial charge in [0.2, 0.25) is 5.91 Å². The van der Waals surface area contributed by atoms with Crippen molar-refractivity contribution in [3.8, 4) is 0 Å². The topological polar surface area (TPSA) is 57.6 Å². The molecule has 1 saturated heterocycles. The average Bonchev–Trinajstić information content (AvgIpc) is 2.79. The van der Waals surface area contributed by atoms with Gasteiger partial charge in [0.15, 0.2) is 0 Å². The lowest BCUT2D eigenvalue weighted by Crippen LogP contribution is -2.27. The molecule has 0 aromatic heterocycles. The zero-order valence-corrected chi connectivity index (χ0v) is 11.6. The van der Waals surface area contributed by atoms with Gasteiger partial charge in [0.1, 0.15) is 0 Å². The summed E-state index contributed by atoms with van der Waals surface area (Å²) in [5.41, 5.74) is 2.36. The maximum absolute atomic E-state index is 11.6. The molecule has 0 saturated carbocycles. The Morgan fingerprint density at radius 3 is 2.70 bits per heavy atom. The first-order valence-electron chi connectivity index (χ1n) is 6.80. The minimum absolute atomic E-state index is 0.0545. The summed E-state index contributed by atoms with van der Waals surface area (Å²) in [6.45, 7) is 2.98. The maximum atomic E-state index is 11.6. The molecule has 4 heteroatoms. The molecular formula is C16H19NO3. The van der Waals surface area contributed by atoms with Crippen LogP contribution in [0.4, 0.5) is 0 Å². The van der Waals surface area contributed by atoms with Gasteiger partial charge in [-0.1, -0.05) is 42.0 Å². The Kier molecular flexibility index (Phi) is 4.56. The summed E-state index contributed by atoms with van der Waals surface area (Å²) in [5.74, 6) is -1.47. The molecule has 106 valence electrons. The summed E-state index contributed by atoms with van der Waals surface area (Å²) in [6, 6.07) is 8.21. The van der Waals surface area contributed by atoms with E-state index in [9.17, 15) is 9.59 Å². The number of rotatable bonds is 5. The Bertz CT molecular complexity index is 519. The molecule has 0 radical (unpaired) electrons. The smallest absolute Gasteiger partial charge is 0.308 e. The molecule has 1 aliphatic rings. The van der Waals surface area contributed by atoms with Crippen molar-refractivity contribution in [1.29, 1.82) is 0 Å². The lowest BCUT2D eigenvalue weighted by molar-refractivity contribution is -0.141. The first kappa shape index (κ1) is 14.3. The fourth-order valence-electron chi connectivity index (χ4n) is 2.28. The second-order valence-corrected chi connectivity index (χ2v) is 5.18. The molecule has 1 fully saturated rings. The van der Waals surface area contributed by atoms with Gasteiger partial charge in [-0.25, -0.2) is 0 Å². The van der Waals surface area contributed by atoms with E-state index >= 15 is 0 Å². The number of amides is 1. The van der Waals surface area contributed by atoms with Crippen LogP contribution in [0.1, 0.15) is 24.0 Å². The molecule has 0 aliphatic carbocycles. The van der Waals surface area contributed by atoms with E-state index < -0.39 is 11.9 Å². The number of hydrogen-bond acceptors (Lipinski definition) is 2. The van der Waals surface area contributed by atoms with Crippen LogP contribution in [0, 0.1) is 12.8 Å². The second-order valence-electron chi connectivity index (χ2n) is 5.18. The van der Waals surface area contributed by atoms with Gasteiger partial charge in [0.25, 0.3) is 0 Å². The van der Waals surface area contributed by atoms with E-state index in [1.54, 1.807) is 4.90 Å². The molecule has 0 bridgehead atoms. The van der Waals surface area contributed by atoms with Crippen molar-refractivity contribution in [2.45, 2.75) is 19.8 Å². The Labute approximate surface area is 118 Å². The monoisotopic (exact) mass is 273 g/mol. The zero-order valence-electron chi connectivity index (χ0n) is 11.6. The van der Waals surface area contributed by atoms with Gasteiger partial charge in [-0.3, -0.25) is 9.59 Å². The number of carbonyl (C=O) groups excluding carboxylic acids is 1. The standard InChI is InChI=1S/C16H19NO3/c1-12-5-7-13(8-6-12)4-2-3-9-17-11-14(16(19)20)10-15(17)18/h2,4-8,14H,3,9-11H2,1H3,(H,19,20)/b4-2+. The Balaban J connectivity index is 1.80. The Morgan fingerprint density at radius 1 is 1.40 bits per heavy atom. The van der Waals surface area contributed by atoms with Crippen LogP contribution in [-0.4, -0.2) is 35.0 Å². The molecule has 4 nitrogen and oxygen atoms in total. The molecule has 1 atom stereocenters. The normalized spacial score (nSPS) is 18.9. The average molecular weight is 273 g/mol. The van der Waals surface area contributed by atoms with Gasteiger partial charge in [0.05, 0.1) is 5.92 Å². The van der Waals surface area contributed by atoms with Crippen molar-refractivity contribution >= 4 is 18.0 Å². The quantitative estimate of drug-likeness (QED) is 0.895. The second kappa shape index (κ2) is 6.37. The number of aliphatic carboxylic acids is 1. The molecule has 1 N–H and O–H groups in total. The van der Waals surface area contributed by atoms with Crippen molar-refractivity contribution < 1.29 is 14.7 Å². The molecule has 1 aliphatic heterocycles. The van der Waals surface area contributed by atoms with Gasteiger partial charge in [-0.05, 0) is 18.9 Å². The third-order valence-corrected chi connectivity index (χ3v) is 3.52. The summed E-state index contributed by atoms with van der Waals surface area (Å²) in [5, 5.41) is 8.90. The van der Waals surface area contributed by atoms with Crippen LogP contribution >= 0.6 is 0 Å². The molecule has 1 heterocycles. The highest BCUT2D eigenvalue weighted by Gasteiger charge is 2.33. The van der Waals surface area contributed by atoms with Gasteiger partial charge in [0, 0.05) is 19.5 Å². The molecule has 1 aromatic carbocycles. The van der Waals surface area contributed by atoms with E-state index in [1.807, 2.05) is 31.2 Å². The molecule has 20 heavy (non-hydrogen) atoms. The number of likely N-dealkylation sites (tertiary alicyclic amines) is 1. The highest BCUT2D eigenvalue weighted by atomic mass is 16.4. The number of carboxylic acid groups (broad SMARTS) is 1. The summed E-state index contributed by atoms with van der Waals surface area (Å²) in [7, 11) is 0. The van der Waals surface area contributed by atoms with Crippen LogP contribution in [0.15, 0.2) is 30.3 Å². The Morgan fingerprint density at radius 2 is 2.10 bits per heavy atom. The first-order chi connectivity index (χ1) is 9.56. The van der Waals surface area contributed by atoms with Crippen molar-refractivity contribution in [3.05, 3.63) is 41.5 Å². The molecule has 2 rings (SSSR count). The highest BCUT2D eigenvalue weighted by Crippen LogP contribution is 2.18. The van der Waals surface area contributed by atoms with Gasteiger partial charge >= 0.3 is 5.97 Å². The fraction of sp³-hybridized carbons (Fsp3) is 0.375. The summed E-state index contributed by atoms with van der Waals surface area (Å²) in [4.78, 5) is 24.1. The van der Waals surface area contributed by atoms with Gasteiger partial charge in [-0.2, -0.15) is 0 Å². The molecular weight excluding hydrogens is 254 g/mol. The van der Waals surface area contributed by atoms with Crippen molar-refractivity contribution in [1.82, 2.24) is 4.90 Å². The number of aryl methyl sites for hydroxylation is 1. The van der Waals surface area contributed by atoms with Crippen LogP contribution < -0.4 is 0 Å².